The summed E-state index contributed by atoms with van der Waals surface area (Å²) in [6.07, 6.45) is -0.404. The molecule has 0 saturated carbocycles. The highest BCUT2D eigenvalue weighted by Crippen LogP contribution is 2.23. The fourth-order valence-electron chi connectivity index (χ4n) is 2.14. The van der Waals surface area contributed by atoms with Crippen LogP contribution in [0.15, 0.2) is 22.7 Å². The Morgan fingerprint density at radius 1 is 1.48 bits per heavy atom. The highest BCUT2D eigenvalue weighted by molar-refractivity contribution is 14.1. The van der Waals surface area contributed by atoms with Crippen LogP contribution in [0.3, 0.4) is 0 Å². The topological polar surface area (TPSA) is 86.7 Å². The first kappa shape index (κ1) is 16.2. The molecule has 2 N–H and O–H groups in total. The van der Waals surface area contributed by atoms with Gasteiger partial charge in [0.2, 0.25) is 5.91 Å². The number of benzene rings is 1. The summed E-state index contributed by atoms with van der Waals surface area (Å²) in [7, 11) is 0. The molecule has 1 unspecified atom stereocenters. The lowest BCUT2D eigenvalue weighted by molar-refractivity contribution is -0.142. The molecule has 1 aromatic carbocycles. The van der Waals surface area contributed by atoms with Crippen LogP contribution in [0.4, 0.5) is 0 Å². The number of halogens is 2. The molecule has 0 radical (unpaired) electrons. The van der Waals surface area contributed by atoms with Crippen LogP contribution in [0, 0.1) is 3.57 Å². The van der Waals surface area contributed by atoms with Gasteiger partial charge in [0, 0.05) is 21.1 Å². The van der Waals surface area contributed by atoms with E-state index in [0.29, 0.717) is 23.1 Å². The number of hydrogen-bond donors (Lipinski definition) is 2. The monoisotopic (exact) mass is 466 g/mol. The number of piperazine rings is 1. The standard InChI is InChI=1S/C13H12BrIN2O4/c14-9-2-1-7(15)5-8(9)13(21)17-4-3-16-12(20)10(17)6-11(18)19/h1-2,5,10H,3-4,6H2,(H,16,20)(H,18,19). The van der Waals surface area contributed by atoms with E-state index in [-0.39, 0.29) is 5.91 Å². The Morgan fingerprint density at radius 3 is 2.86 bits per heavy atom. The second kappa shape index (κ2) is 6.73. The van der Waals surface area contributed by atoms with Crippen LogP contribution in [-0.2, 0) is 9.59 Å². The lowest BCUT2D eigenvalue weighted by Gasteiger charge is -2.34. The normalized spacial score (nSPS) is 18.3. The predicted octanol–water partition coefficient (Wildman–Crippen LogP) is 1.47. The van der Waals surface area contributed by atoms with Crippen molar-refractivity contribution in [1.29, 1.82) is 0 Å². The molecule has 1 aromatic rings. The molecule has 112 valence electrons. The van der Waals surface area contributed by atoms with E-state index in [1.807, 2.05) is 6.07 Å². The zero-order valence-corrected chi connectivity index (χ0v) is 14.5. The number of carboxylic acids is 1. The molecule has 1 atom stereocenters. The maximum Gasteiger partial charge on any atom is 0.305 e. The van der Waals surface area contributed by atoms with Crippen LogP contribution in [0.25, 0.3) is 0 Å². The second-order valence-corrected chi connectivity index (χ2v) is 6.63. The number of aliphatic carboxylic acids is 1. The van der Waals surface area contributed by atoms with Gasteiger partial charge in [0.25, 0.3) is 5.91 Å². The van der Waals surface area contributed by atoms with Crippen molar-refractivity contribution in [3.8, 4) is 0 Å². The Hall–Kier alpha value is -1.16. The van der Waals surface area contributed by atoms with Crippen molar-refractivity contribution < 1.29 is 19.5 Å². The molecule has 1 heterocycles. The van der Waals surface area contributed by atoms with Crippen LogP contribution in [0.5, 0.6) is 0 Å². The van der Waals surface area contributed by atoms with E-state index in [9.17, 15) is 14.4 Å². The van der Waals surface area contributed by atoms with Gasteiger partial charge in [0.05, 0.1) is 12.0 Å². The number of rotatable bonds is 3. The van der Waals surface area contributed by atoms with Gasteiger partial charge in [-0.2, -0.15) is 0 Å². The van der Waals surface area contributed by atoms with Gasteiger partial charge in [-0.3, -0.25) is 14.4 Å². The fraction of sp³-hybridized carbons (Fsp3) is 0.308. The molecule has 1 aliphatic heterocycles. The summed E-state index contributed by atoms with van der Waals surface area (Å²) in [6, 6.07) is 4.33. The average molecular weight is 467 g/mol. The summed E-state index contributed by atoms with van der Waals surface area (Å²) in [5.74, 6) is -1.89. The van der Waals surface area contributed by atoms with Gasteiger partial charge < -0.3 is 15.3 Å². The van der Waals surface area contributed by atoms with Crippen LogP contribution in [0.1, 0.15) is 16.8 Å². The lowest BCUT2D eigenvalue weighted by Crippen LogP contribution is -2.57. The van der Waals surface area contributed by atoms with Crippen molar-refractivity contribution in [3.63, 3.8) is 0 Å². The molecule has 0 aromatic heterocycles. The molecule has 0 aliphatic carbocycles. The first-order valence-electron chi connectivity index (χ1n) is 6.15. The van der Waals surface area contributed by atoms with E-state index in [1.54, 1.807) is 12.1 Å². The van der Waals surface area contributed by atoms with Crippen LogP contribution < -0.4 is 5.32 Å². The van der Waals surface area contributed by atoms with Crippen molar-refractivity contribution in [2.24, 2.45) is 0 Å². The van der Waals surface area contributed by atoms with Crippen LogP contribution >= 0.6 is 38.5 Å². The van der Waals surface area contributed by atoms with E-state index in [1.165, 1.54) is 4.90 Å². The summed E-state index contributed by atoms with van der Waals surface area (Å²) in [6.45, 7) is 0.614. The minimum Gasteiger partial charge on any atom is -0.481 e. The number of carboxylic acid groups (broad SMARTS) is 1. The Balaban J connectivity index is 2.32. The van der Waals surface area contributed by atoms with E-state index < -0.39 is 24.3 Å². The summed E-state index contributed by atoms with van der Waals surface area (Å²) >= 11 is 5.41. The third-order valence-electron chi connectivity index (χ3n) is 3.12. The number of nitrogens with zero attached hydrogens (tertiary/aromatic N) is 1. The third-order valence-corrected chi connectivity index (χ3v) is 4.48. The minimum atomic E-state index is -1.11. The number of hydrogen-bond acceptors (Lipinski definition) is 3. The van der Waals surface area contributed by atoms with Crippen molar-refractivity contribution in [3.05, 3.63) is 31.8 Å². The van der Waals surface area contributed by atoms with Crippen LogP contribution in [-0.4, -0.2) is 46.9 Å². The minimum absolute atomic E-state index is 0.292. The maximum absolute atomic E-state index is 12.6. The summed E-state index contributed by atoms with van der Waals surface area (Å²) in [5, 5.41) is 11.5. The average Bonchev–Trinajstić information content (AvgIpc) is 2.42. The highest BCUT2D eigenvalue weighted by Gasteiger charge is 2.35. The van der Waals surface area contributed by atoms with Gasteiger partial charge in [-0.15, -0.1) is 0 Å². The molecule has 1 saturated heterocycles. The van der Waals surface area contributed by atoms with Gasteiger partial charge in [0.15, 0.2) is 0 Å². The first-order chi connectivity index (χ1) is 9.90. The predicted molar refractivity (Wildman–Crippen MR) is 86.9 cm³/mol. The van der Waals surface area contributed by atoms with Crippen molar-refractivity contribution in [1.82, 2.24) is 10.2 Å². The van der Waals surface area contributed by atoms with Crippen molar-refractivity contribution in [2.45, 2.75) is 12.5 Å². The molecule has 2 rings (SSSR count). The molecule has 0 bridgehead atoms. The lowest BCUT2D eigenvalue weighted by atomic mass is 10.1. The first-order valence-corrected chi connectivity index (χ1v) is 8.03. The quantitative estimate of drug-likeness (QED) is 0.660. The summed E-state index contributed by atoms with van der Waals surface area (Å²) < 4.78 is 1.50. The van der Waals surface area contributed by atoms with Gasteiger partial charge in [-0.25, -0.2) is 0 Å². The Labute approximate surface area is 143 Å². The molecule has 8 heteroatoms. The largest absolute Gasteiger partial charge is 0.481 e. The molecular formula is C13H12BrIN2O4. The van der Waals surface area contributed by atoms with E-state index in [2.05, 4.69) is 43.8 Å². The van der Waals surface area contributed by atoms with Gasteiger partial charge in [-0.05, 0) is 56.7 Å². The zero-order chi connectivity index (χ0) is 15.6. The smallest absolute Gasteiger partial charge is 0.305 e. The number of carbonyl (C=O) groups is 3. The van der Waals surface area contributed by atoms with Gasteiger partial charge >= 0.3 is 5.97 Å². The van der Waals surface area contributed by atoms with Crippen LogP contribution in [0.2, 0.25) is 0 Å². The molecular weight excluding hydrogens is 455 g/mol. The molecule has 21 heavy (non-hydrogen) atoms. The molecule has 1 aliphatic rings. The Bertz CT molecular complexity index is 608. The third kappa shape index (κ3) is 3.73. The Morgan fingerprint density at radius 2 is 2.19 bits per heavy atom. The van der Waals surface area contributed by atoms with Gasteiger partial charge in [0.1, 0.15) is 6.04 Å². The van der Waals surface area contributed by atoms with E-state index in [0.717, 1.165) is 3.57 Å². The Kier molecular flexibility index (Phi) is 5.20. The van der Waals surface area contributed by atoms with Crippen molar-refractivity contribution in [2.75, 3.05) is 13.1 Å². The van der Waals surface area contributed by atoms with E-state index >= 15 is 0 Å². The second-order valence-electron chi connectivity index (χ2n) is 4.53. The molecule has 1 fully saturated rings. The molecule has 2 amide bonds. The van der Waals surface area contributed by atoms with Crippen molar-refractivity contribution >= 4 is 56.3 Å². The number of amides is 2. The molecule has 6 nitrogen and oxygen atoms in total. The zero-order valence-electron chi connectivity index (χ0n) is 10.8. The highest BCUT2D eigenvalue weighted by atomic mass is 127. The SMILES string of the molecule is O=C(O)CC1C(=O)NCCN1C(=O)c1cc(I)ccc1Br. The van der Waals surface area contributed by atoms with E-state index in [4.69, 9.17) is 5.11 Å². The summed E-state index contributed by atoms with van der Waals surface area (Å²) in [5.41, 5.74) is 0.423. The fourth-order valence-corrected chi connectivity index (χ4v) is 3.05. The van der Waals surface area contributed by atoms with Gasteiger partial charge in [-0.1, -0.05) is 0 Å². The molecule has 0 spiro atoms. The number of nitrogens with one attached hydrogen (secondary N) is 1. The maximum atomic E-state index is 12.6. The number of carbonyl (C=O) groups excluding carboxylic acids is 2. The summed E-state index contributed by atoms with van der Waals surface area (Å²) in [4.78, 5) is 36.7.